The van der Waals surface area contributed by atoms with Crippen molar-refractivity contribution >= 4 is 33.1 Å². The van der Waals surface area contributed by atoms with Gasteiger partial charge in [0.15, 0.2) is 0 Å². The fourth-order valence-electron chi connectivity index (χ4n) is 3.18. The second-order valence-electron chi connectivity index (χ2n) is 6.69. The summed E-state index contributed by atoms with van der Waals surface area (Å²) in [6, 6.07) is 15.3. The van der Waals surface area contributed by atoms with Crippen LogP contribution in [0.5, 0.6) is 11.5 Å². The lowest BCUT2D eigenvalue weighted by Gasteiger charge is -2.11. The highest BCUT2D eigenvalue weighted by atomic mass is 32.1. The van der Waals surface area contributed by atoms with Gasteiger partial charge in [0.25, 0.3) is 5.91 Å². The molecular weight excluding hydrogens is 386 g/mol. The van der Waals surface area contributed by atoms with Gasteiger partial charge < -0.3 is 14.8 Å². The molecule has 0 bridgehead atoms. The predicted octanol–water partition coefficient (Wildman–Crippen LogP) is 4.97. The minimum Gasteiger partial charge on any atom is -0.497 e. The van der Waals surface area contributed by atoms with Crippen molar-refractivity contribution in [3.05, 3.63) is 64.7 Å². The number of carbonyl (C=O) groups is 1. The molecule has 1 N–H and O–H groups in total. The number of hydrogen-bond donors (Lipinski definition) is 1. The van der Waals surface area contributed by atoms with E-state index in [-0.39, 0.29) is 5.91 Å². The Morgan fingerprint density at radius 3 is 2.62 bits per heavy atom. The van der Waals surface area contributed by atoms with Gasteiger partial charge in [-0.2, -0.15) is 5.10 Å². The fourth-order valence-corrected chi connectivity index (χ4v) is 4.26. The van der Waals surface area contributed by atoms with Crippen LogP contribution < -0.4 is 14.8 Å². The molecule has 0 aliphatic carbocycles. The van der Waals surface area contributed by atoms with E-state index in [1.54, 1.807) is 32.4 Å². The third kappa shape index (κ3) is 3.56. The number of aryl methyl sites for hydroxylation is 2. The SMILES string of the molecule is COc1ccc(NC(=O)c2cc3c(C)nn(-c4cccc(C)c4)c3s2)c(OC)c1. The van der Waals surface area contributed by atoms with Gasteiger partial charge in [-0.1, -0.05) is 12.1 Å². The maximum atomic E-state index is 12.9. The number of amides is 1. The van der Waals surface area contributed by atoms with E-state index in [4.69, 9.17) is 9.47 Å². The van der Waals surface area contributed by atoms with Gasteiger partial charge in [-0.15, -0.1) is 11.3 Å². The molecule has 2 heterocycles. The van der Waals surface area contributed by atoms with Gasteiger partial charge >= 0.3 is 0 Å². The number of carbonyl (C=O) groups excluding carboxylic acids is 1. The second kappa shape index (κ2) is 7.60. The van der Waals surface area contributed by atoms with Crippen molar-refractivity contribution in [2.75, 3.05) is 19.5 Å². The molecule has 0 saturated heterocycles. The maximum absolute atomic E-state index is 12.9. The lowest BCUT2D eigenvalue weighted by molar-refractivity contribution is 0.103. The number of nitrogens with one attached hydrogen (secondary N) is 1. The third-order valence-electron chi connectivity index (χ3n) is 4.67. The van der Waals surface area contributed by atoms with Gasteiger partial charge in [0.2, 0.25) is 0 Å². The molecule has 4 rings (SSSR count). The zero-order valence-corrected chi connectivity index (χ0v) is 17.5. The molecule has 0 radical (unpaired) electrons. The van der Waals surface area contributed by atoms with E-state index >= 15 is 0 Å². The topological polar surface area (TPSA) is 65.4 Å². The predicted molar refractivity (Wildman–Crippen MR) is 116 cm³/mol. The van der Waals surface area contributed by atoms with Gasteiger partial charge in [0.1, 0.15) is 16.3 Å². The minimum atomic E-state index is -0.190. The third-order valence-corrected chi connectivity index (χ3v) is 5.78. The summed E-state index contributed by atoms with van der Waals surface area (Å²) >= 11 is 1.42. The number of nitrogens with zero attached hydrogens (tertiary/aromatic N) is 2. The van der Waals surface area contributed by atoms with Crippen molar-refractivity contribution < 1.29 is 14.3 Å². The smallest absolute Gasteiger partial charge is 0.265 e. The average Bonchev–Trinajstić information content (AvgIpc) is 3.29. The number of benzene rings is 2. The van der Waals surface area contributed by atoms with Gasteiger partial charge in [0, 0.05) is 11.5 Å². The van der Waals surface area contributed by atoms with Crippen LogP contribution in [0.3, 0.4) is 0 Å². The number of rotatable bonds is 5. The number of methoxy groups -OCH3 is 2. The molecule has 1 amide bonds. The Morgan fingerprint density at radius 2 is 1.90 bits per heavy atom. The van der Waals surface area contributed by atoms with Crippen molar-refractivity contribution in [1.82, 2.24) is 9.78 Å². The van der Waals surface area contributed by atoms with E-state index in [0.717, 1.165) is 27.2 Å². The minimum absolute atomic E-state index is 0.190. The van der Waals surface area contributed by atoms with E-state index in [9.17, 15) is 4.79 Å². The van der Waals surface area contributed by atoms with Crippen molar-refractivity contribution in [1.29, 1.82) is 0 Å². The summed E-state index contributed by atoms with van der Waals surface area (Å²) in [5, 5.41) is 8.56. The van der Waals surface area contributed by atoms with Crippen LogP contribution >= 0.6 is 11.3 Å². The van der Waals surface area contributed by atoms with Gasteiger partial charge in [-0.25, -0.2) is 4.68 Å². The summed E-state index contributed by atoms with van der Waals surface area (Å²) in [6.07, 6.45) is 0. The highest BCUT2D eigenvalue weighted by Gasteiger charge is 2.18. The first-order chi connectivity index (χ1) is 14.0. The molecule has 0 unspecified atom stereocenters. The van der Waals surface area contributed by atoms with Crippen LogP contribution in [-0.2, 0) is 0 Å². The number of thiophene rings is 1. The molecular formula is C22H21N3O3S. The molecule has 29 heavy (non-hydrogen) atoms. The number of ether oxygens (including phenoxy) is 2. The Morgan fingerprint density at radius 1 is 1.07 bits per heavy atom. The lowest BCUT2D eigenvalue weighted by Crippen LogP contribution is -2.11. The number of anilines is 1. The first-order valence-electron chi connectivity index (χ1n) is 9.09. The molecule has 0 saturated carbocycles. The molecule has 0 spiro atoms. The van der Waals surface area contributed by atoms with Crippen LogP contribution in [0.1, 0.15) is 20.9 Å². The molecule has 0 aliphatic heterocycles. The van der Waals surface area contributed by atoms with E-state index in [1.807, 2.05) is 42.8 Å². The fraction of sp³-hybridized carbons (Fsp3) is 0.182. The molecule has 4 aromatic rings. The molecule has 0 atom stereocenters. The number of fused-ring (bicyclic) bond motifs is 1. The zero-order valence-electron chi connectivity index (χ0n) is 16.6. The van der Waals surface area contributed by atoms with Crippen molar-refractivity contribution in [3.63, 3.8) is 0 Å². The second-order valence-corrected chi connectivity index (χ2v) is 7.72. The van der Waals surface area contributed by atoms with Crippen LogP contribution in [-0.4, -0.2) is 29.9 Å². The Hall–Kier alpha value is -3.32. The molecule has 148 valence electrons. The van der Waals surface area contributed by atoms with Gasteiger partial charge in [-0.3, -0.25) is 4.79 Å². The highest BCUT2D eigenvalue weighted by molar-refractivity contribution is 7.20. The summed E-state index contributed by atoms with van der Waals surface area (Å²) < 4.78 is 12.5. The zero-order chi connectivity index (χ0) is 20.5. The Bertz CT molecular complexity index is 1210. The average molecular weight is 407 g/mol. The van der Waals surface area contributed by atoms with Crippen molar-refractivity contribution in [2.45, 2.75) is 13.8 Å². The van der Waals surface area contributed by atoms with Crippen LogP contribution in [0.25, 0.3) is 15.9 Å². The molecule has 6 nitrogen and oxygen atoms in total. The van der Waals surface area contributed by atoms with Crippen molar-refractivity contribution in [2.24, 2.45) is 0 Å². The summed E-state index contributed by atoms with van der Waals surface area (Å²) in [4.78, 5) is 14.5. The van der Waals surface area contributed by atoms with Gasteiger partial charge in [0.05, 0.1) is 36.2 Å². The normalized spacial score (nSPS) is 10.9. The van der Waals surface area contributed by atoms with Crippen LogP contribution in [0, 0.1) is 13.8 Å². The van der Waals surface area contributed by atoms with Crippen molar-refractivity contribution in [3.8, 4) is 17.2 Å². The van der Waals surface area contributed by atoms with Crippen LogP contribution in [0.4, 0.5) is 5.69 Å². The standard InChI is InChI=1S/C22H21N3O3S/c1-13-6-5-7-15(10-13)25-22-17(14(2)24-25)12-20(29-22)21(26)23-18-9-8-16(27-3)11-19(18)28-4/h5-12H,1-4H3,(H,23,26). The number of aromatic nitrogens is 2. The van der Waals surface area contributed by atoms with Gasteiger partial charge in [-0.05, 0) is 49.7 Å². The Kier molecular flexibility index (Phi) is 4.98. The Labute approximate surface area is 172 Å². The molecule has 2 aromatic carbocycles. The number of hydrogen-bond acceptors (Lipinski definition) is 5. The molecule has 7 heteroatoms. The lowest BCUT2D eigenvalue weighted by atomic mass is 10.2. The summed E-state index contributed by atoms with van der Waals surface area (Å²) in [5.74, 6) is 1.02. The maximum Gasteiger partial charge on any atom is 0.265 e. The van der Waals surface area contributed by atoms with Crippen LogP contribution in [0.2, 0.25) is 0 Å². The van der Waals surface area contributed by atoms with E-state index in [1.165, 1.54) is 11.3 Å². The summed E-state index contributed by atoms with van der Waals surface area (Å²) in [5.41, 5.74) is 3.62. The largest absolute Gasteiger partial charge is 0.497 e. The van der Waals surface area contributed by atoms with E-state index in [2.05, 4.69) is 16.5 Å². The molecule has 0 aliphatic rings. The molecule has 0 fully saturated rings. The quantitative estimate of drug-likeness (QED) is 0.507. The first kappa shape index (κ1) is 19.0. The highest BCUT2D eigenvalue weighted by Crippen LogP contribution is 2.33. The Balaban J connectivity index is 1.68. The van der Waals surface area contributed by atoms with Crippen LogP contribution in [0.15, 0.2) is 48.5 Å². The monoisotopic (exact) mass is 407 g/mol. The van der Waals surface area contributed by atoms with E-state index < -0.39 is 0 Å². The first-order valence-corrected chi connectivity index (χ1v) is 9.91. The summed E-state index contributed by atoms with van der Waals surface area (Å²) in [7, 11) is 3.15. The van der Waals surface area contributed by atoms with E-state index in [0.29, 0.717) is 22.1 Å². The summed E-state index contributed by atoms with van der Waals surface area (Å²) in [6.45, 7) is 4.00. The molecule has 2 aromatic heterocycles.